The molecule has 1 aliphatic heterocycles. The highest BCUT2D eigenvalue weighted by atomic mass is 35.5. The second-order valence-electron chi connectivity index (χ2n) is 4.67. The van der Waals surface area contributed by atoms with Crippen molar-refractivity contribution in [1.82, 2.24) is 10.2 Å². The molecule has 0 bridgehead atoms. The summed E-state index contributed by atoms with van der Waals surface area (Å²) >= 11 is 5.63. The first-order chi connectivity index (χ1) is 9.08. The third-order valence-electron chi connectivity index (χ3n) is 3.30. The Bertz CT molecular complexity index is 461. The molecule has 0 saturated carbocycles. The molecule has 5 heteroatoms. The molecule has 0 radical (unpaired) electrons. The minimum absolute atomic E-state index is 0.356. The number of carbonyl (C=O) groups excluding carboxylic acids is 2. The summed E-state index contributed by atoms with van der Waals surface area (Å²) in [4.78, 5) is 25.0. The summed E-state index contributed by atoms with van der Waals surface area (Å²) in [7, 11) is 0. The largest absolute Gasteiger partial charge is 0.324 e. The summed E-state index contributed by atoms with van der Waals surface area (Å²) < 4.78 is 0. The van der Waals surface area contributed by atoms with Crippen LogP contribution in [0, 0.1) is 0 Å². The van der Waals surface area contributed by atoms with Gasteiger partial charge in [0.2, 0.25) is 5.91 Å². The van der Waals surface area contributed by atoms with Crippen LogP contribution in [0.5, 0.6) is 0 Å². The molecule has 0 aromatic heterocycles. The summed E-state index contributed by atoms with van der Waals surface area (Å²) in [5.74, 6) is -0.451. The first kappa shape index (κ1) is 13.9. The molecule has 0 aliphatic carbocycles. The SMILES string of the molecule is CC(Cl)C(=O)NC(=O)N1CCc2ccccc2CC1. The van der Waals surface area contributed by atoms with Crippen LogP contribution in [0.1, 0.15) is 18.1 Å². The molecule has 1 unspecified atom stereocenters. The number of fused-ring (bicyclic) bond motifs is 1. The molecule has 0 fully saturated rings. The highest BCUT2D eigenvalue weighted by Crippen LogP contribution is 2.15. The number of hydrogen-bond acceptors (Lipinski definition) is 2. The molecule has 3 amide bonds. The van der Waals surface area contributed by atoms with Crippen molar-refractivity contribution in [1.29, 1.82) is 0 Å². The number of carbonyl (C=O) groups is 2. The zero-order chi connectivity index (χ0) is 13.8. The van der Waals surface area contributed by atoms with E-state index in [1.807, 2.05) is 12.1 Å². The summed E-state index contributed by atoms with van der Waals surface area (Å²) in [6.07, 6.45) is 1.63. The predicted molar refractivity (Wildman–Crippen MR) is 74.3 cm³/mol. The molecule has 19 heavy (non-hydrogen) atoms. The van der Waals surface area contributed by atoms with Crippen LogP contribution in [0.15, 0.2) is 24.3 Å². The maximum Gasteiger partial charge on any atom is 0.324 e. The van der Waals surface area contributed by atoms with Gasteiger partial charge >= 0.3 is 6.03 Å². The van der Waals surface area contributed by atoms with Gasteiger partial charge in [-0.3, -0.25) is 10.1 Å². The standard InChI is InChI=1S/C14H17ClN2O2/c1-10(15)13(18)16-14(19)17-8-6-11-4-2-3-5-12(11)7-9-17/h2-5,10H,6-9H2,1H3,(H,16,18,19). The number of benzene rings is 1. The van der Waals surface area contributed by atoms with Gasteiger partial charge in [-0.15, -0.1) is 11.6 Å². The molecule has 2 rings (SSSR count). The minimum Gasteiger partial charge on any atom is -0.324 e. The average molecular weight is 281 g/mol. The number of nitrogens with one attached hydrogen (secondary N) is 1. The van der Waals surface area contributed by atoms with E-state index in [1.54, 1.807) is 11.8 Å². The van der Waals surface area contributed by atoms with Gasteiger partial charge in [-0.25, -0.2) is 4.79 Å². The third kappa shape index (κ3) is 3.47. The lowest BCUT2D eigenvalue weighted by molar-refractivity contribution is -0.119. The van der Waals surface area contributed by atoms with Crippen LogP contribution in [0.2, 0.25) is 0 Å². The Morgan fingerprint density at radius 2 is 1.74 bits per heavy atom. The lowest BCUT2D eigenvalue weighted by Crippen LogP contribution is -2.45. The maximum atomic E-state index is 12.0. The summed E-state index contributed by atoms with van der Waals surface area (Å²) in [6, 6.07) is 7.83. The van der Waals surface area contributed by atoms with Crippen LogP contribution >= 0.6 is 11.6 Å². The Kier molecular flexibility index (Phi) is 4.43. The number of rotatable bonds is 1. The zero-order valence-corrected chi connectivity index (χ0v) is 11.6. The molecular weight excluding hydrogens is 264 g/mol. The fourth-order valence-corrected chi connectivity index (χ4v) is 2.21. The Morgan fingerprint density at radius 1 is 1.21 bits per heavy atom. The first-order valence-electron chi connectivity index (χ1n) is 6.38. The van der Waals surface area contributed by atoms with Crippen molar-refractivity contribution in [2.45, 2.75) is 25.1 Å². The molecular formula is C14H17ClN2O2. The Labute approximate surface area is 117 Å². The number of halogens is 1. The molecule has 1 aromatic carbocycles. The van der Waals surface area contributed by atoms with Crippen molar-refractivity contribution in [3.05, 3.63) is 35.4 Å². The van der Waals surface area contributed by atoms with Crippen molar-refractivity contribution >= 4 is 23.5 Å². The van der Waals surface area contributed by atoms with Crippen LogP contribution in [-0.4, -0.2) is 35.3 Å². The van der Waals surface area contributed by atoms with Gasteiger partial charge in [-0.05, 0) is 30.9 Å². The van der Waals surface area contributed by atoms with Gasteiger partial charge in [0.15, 0.2) is 0 Å². The van der Waals surface area contributed by atoms with Crippen LogP contribution < -0.4 is 5.32 Å². The molecule has 102 valence electrons. The molecule has 1 heterocycles. The number of amides is 3. The Morgan fingerprint density at radius 3 is 2.21 bits per heavy atom. The van der Waals surface area contributed by atoms with E-state index >= 15 is 0 Å². The summed E-state index contributed by atoms with van der Waals surface area (Å²) in [5.41, 5.74) is 2.55. The second-order valence-corrected chi connectivity index (χ2v) is 5.32. The van der Waals surface area contributed by atoms with Gasteiger partial charge in [-0.1, -0.05) is 24.3 Å². The molecule has 1 N–H and O–H groups in total. The van der Waals surface area contributed by atoms with E-state index in [1.165, 1.54) is 11.1 Å². The number of imide groups is 1. The second kappa shape index (κ2) is 6.06. The highest BCUT2D eigenvalue weighted by molar-refractivity contribution is 6.31. The lowest BCUT2D eigenvalue weighted by Gasteiger charge is -2.20. The number of alkyl halides is 1. The quantitative estimate of drug-likeness (QED) is 0.800. The monoisotopic (exact) mass is 280 g/mol. The minimum atomic E-state index is -0.701. The van der Waals surface area contributed by atoms with Crippen LogP contribution in [0.4, 0.5) is 4.79 Å². The topological polar surface area (TPSA) is 49.4 Å². The molecule has 0 saturated heterocycles. The van der Waals surface area contributed by atoms with E-state index in [0.717, 1.165) is 12.8 Å². The number of nitrogens with zero attached hydrogens (tertiary/aromatic N) is 1. The van der Waals surface area contributed by atoms with E-state index in [0.29, 0.717) is 13.1 Å². The van der Waals surface area contributed by atoms with Gasteiger partial charge in [0.25, 0.3) is 0 Å². The fourth-order valence-electron chi connectivity index (χ4n) is 2.15. The lowest BCUT2D eigenvalue weighted by atomic mass is 10.0. The van der Waals surface area contributed by atoms with E-state index < -0.39 is 11.3 Å². The van der Waals surface area contributed by atoms with Crippen molar-refractivity contribution in [2.24, 2.45) is 0 Å². The van der Waals surface area contributed by atoms with Crippen LogP contribution in [-0.2, 0) is 17.6 Å². The van der Waals surface area contributed by atoms with Gasteiger partial charge in [0.05, 0.1) is 0 Å². The normalized spacial score (nSPS) is 16.2. The van der Waals surface area contributed by atoms with Crippen molar-refractivity contribution in [3.63, 3.8) is 0 Å². The average Bonchev–Trinajstić information content (AvgIpc) is 2.60. The summed E-state index contributed by atoms with van der Waals surface area (Å²) in [5, 5.41) is 1.62. The van der Waals surface area contributed by atoms with E-state index in [2.05, 4.69) is 17.4 Å². The van der Waals surface area contributed by atoms with Crippen LogP contribution in [0.3, 0.4) is 0 Å². The fraction of sp³-hybridized carbons (Fsp3) is 0.429. The van der Waals surface area contributed by atoms with Gasteiger partial charge in [0.1, 0.15) is 5.38 Å². The van der Waals surface area contributed by atoms with Crippen molar-refractivity contribution in [2.75, 3.05) is 13.1 Å². The molecule has 1 aliphatic rings. The van der Waals surface area contributed by atoms with Gasteiger partial charge in [-0.2, -0.15) is 0 Å². The number of hydrogen-bond donors (Lipinski definition) is 1. The molecule has 0 spiro atoms. The Balaban J connectivity index is 1.98. The molecule has 1 aromatic rings. The van der Waals surface area contributed by atoms with Gasteiger partial charge < -0.3 is 4.90 Å². The smallest absolute Gasteiger partial charge is 0.324 e. The van der Waals surface area contributed by atoms with E-state index in [-0.39, 0.29) is 6.03 Å². The summed E-state index contributed by atoms with van der Waals surface area (Å²) in [6.45, 7) is 2.78. The maximum absolute atomic E-state index is 12.0. The highest BCUT2D eigenvalue weighted by Gasteiger charge is 2.21. The van der Waals surface area contributed by atoms with E-state index in [4.69, 9.17) is 11.6 Å². The number of urea groups is 1. The van der Waals surface area contributed by atoms with Crippen molar-refractivity contribution in [3.8, 4) is 0 Å². The predicted octanol–water partition coefficient (Wildman–Crippen LogP) is 1.95. The first-order valence-corrected chi connectivity index (χ1v) is 6.82. The molecule has 1 atom stereocenters. The third-order valence-corrected chi connectivity index (χ3v) is 3.50. The van der Waals surface area contributed by atoms with Gasteiger partial charge in [0, 0.05) is 13.1 Å². The zero-order valence-electron chi connectivity index (χ0n) is 10.9. The Hall–Kier alpha value is -1.55. The molecule has 4 nitrogen and oxygen atoms in total. The van der Waals surface area contributed by atoms with Crippen LogP contribution in [0.25, 0.3) is 0 Å². The van der Waals surface area contributed by atoms with E-state index in [9.17, 15) is 9.59 Å². The van der Waals surface area contributed by atoms with Crippen molar-refractivity contribution < 1.29 is 9.59 Å².